The van der Waals surface area contributed by atoms with Gasteiger partial charge in [-0.25, -0.2) is 0 Å². The molecule has 1 atom stereocenters. The topological polar surface area (TPSA) is 0 Å². The van der Waals surface area contributed by atoms with Gasteiger partial charge in [-0.15, -0.1) is 0 Å². The van der Waals surface area contributed by atoms with E-state index in [0.29, 0.717) is 0 Å². The summed E-state index contributed by atoms with van der Waals surface area (Å²) in [5, 5.41) is 0. The van der Waals surface area contributed by atoms with Crippen LogP contribution in [0.5, 0.6) is 0 Å². The summed E-state index contributed by atoms with van der Waals surface area (Å²) in [6.07, 6.45) is 7.43. The zero-order valence-electron chi connectivity index (χ0n) is 10.6. The minimum Gasteiger partial charge on any atom is -0.179 e. The summed E-state index contributed by atoms with van der Waals surface area (Å²) in [5.74, 6) is 5.78. The highest BCUT2D eigenvalue weighted by molar-refractivity contribution is 7.80. The van der Waals surface area contributed by atoms with Crippen LogP contribution in [0.4, 0.5) is 0 Å². The molecule has 0 aliphatic carbocycles. The monoisotopic (exact) mass is 332 g/mol. The molecule has 0 N–H and O–H groups in total. The van der Waals surface area contributed by atoms with E-state index in [0.717, 1.165) is 34.7 Å². The Kier molecular flexibility index (Phi) is 24.9. The van der Waals surface area contributed by atoms with Crippen LogP contribution in [0.2, 0.25) is 0 Å². The molecule has 0 aliphatic rings. The zero-order chi connectivity index (χ0) is 13.4. The van der Waals surface area contributed by atoms with Crippen LogP contribution in [0, 0.1) is 5.92 Å². The van der Waals surface area contributed by atoms with Crippen LogP contribution in [-0.2, 0) is 0 Å². The van der Waals surface area contributed by atoms with Gasteiger partial charge in [0.25, 0.3) is 0 Å². The van der Waals surface area contributed by atoms with Crippen LogP contribution in [0.3, 0.4) is 0 Å². The van der Waals surface area contributed by atoms with Crippen molar-refractivity contribution in [3.63, 3.8) is 0 Å². The molecule has 0 fully saturated rings. The molecule has 0 rings (SSSR count). The fraction of sp³-hybridized carbons (Fsp3) is 1.00. The molecule has 0 aromatic carbocycles. The Bertz CT molecular complexity index is 117. The molecule has 0 aromatic heterocycles. The maximum atomic E-state index is 4.26. The third-order valence-electron chi connectivity index (χ3n) is 2.38. The minimum absolute atomic E-state index is 0.757. The van der Waals surface area contributed by atoms with E-state index in [4.69, 9.17) is 0 Å². The van der Waals surface area contributed by atoms with Gasteiger partial charge in [0.1, 0.15) is 0 Å². The van der Waals surface area contributed by atoms with E-state index in [9.17, 15) is 0 Å². The molecule has 0 aliphatic heterocycles. The Morgan fingerprint density at radius 3 is 1.41 bits per heavy atom. The van der Waals surface area contributed by atoms with Gasteiger partial charge >= 0.3 is 0 Å². The van der Waals surface area contributed by atoms with Gasteiger partial charge in [0.05, 0.1) is 0 Å². The zero-order valence-corrected chi connectivity index (χ0v) is 15.1. The van der Waals surface area contributed by atoms with E-state index in [1.807, 2.05) is 0 Å². The van der Waals surface area contributed by atoms with Crippen molar-refractivity contribution in [3.05, 3.63) is 0 Å². The molecule has 0 amide bonds. The SMILES string of the molecule is SCCCC(CS)CCS.SCCCCCS. The first-order valence-corrected chi connectivity index (χ1v) is 9.47. The Morgan fingerprint density at radius 2 is 1.06 bits per heavy atom. The van der Waals surface area contributed by atoms with Crippen LogP contribution >= 0.6 is 63.1 Å². The van der Waals surface area contributed by atoms with Crippen LogP contribution in [-0.4, -0.2) is 28.8 Å². The molecule has 17 heavy (non-hydrogen) atoms. The Balaban J connectivity index is 0. The van der Waals surface area contributed by atoms with E-state index in [1.165, 1.54) is 38.5 Å². The number of hydrogen-bond acceptors (Lipinski definition) is 5. The standard InChI is InChI=1S/C7H16S3.C5H12S2/c8-4-1-2-7(6-10)3-5-9;6-4-2-1-3-5-7/h7-10H,1-6H2;6-7H,1-5H2. The van der Waals surface area contributed by atoms with Gasteiger partial charge in [-0.1, -0.05) is 6.42 Å². The molecule has 0 spiro atoms. The summed E-state index contributed by atoms with van der Waals surface area (Å²) in [4.78, 5) is 0. The fourth-order valence-electron chi connectivity index (χ4n) is 1.29. The van der Waals surface area contributed by atoms with E-state index < -0.39 is 0 Å². The molecule has 0 saturated heterocycles. The van der Waals surface area contributed by atoms with Gasteiger partial charge in [0, 0.05) is 0 Å². The van der Waals surface area contributed by atoms with E-state index in [1.54, 1.807) is 0 Å². The number of thiol groups is 5. The number of unbranched alkanes of at least 4 members (excludes halogenated alkanes) is 2. The van der Waals surface area contributed by atoms with E-state index in [2.05, 4.69) is 63.1 Å². The van der Waals surface area contributed by atoms with Crippen molar-refractivity contribution in [2.75, 3.05) is 28.8 Å². The highest BCUT2D eigenvalue weighted by Crippen LogP contribution is 2.13. The quantitative estimate of drug-likeness (QED) is 0.281. The van der Waals surface area contributed by atoms with Crippen molar-refractivity contribution in [2.45, 2.75) is 38.5 Å². The number of rotatable bonds is 10. The van der Waals surface area contributed by atoms with Crippen molar-refractivity contribution in [3.8, 4) is 0 Å². The highest BCUT2D eigenvalue weighted by atomic mass is 32.1. The Morgan fingerprint density at radius 1 is 0.529 bits per heavy atom. The molecule has 5 heteroatoms. The van der Waals surface area contributed by atoms with Crippen molar-refractivity contribution in [1.82, 2.24) is 0 Å². The van der Waals surface area contributed by atoms with Gasteiger partial charge < -0.3 is 0 Å². The smallest absolute Gasteiger partial charge is 0.00692 e. The normalized spacial score (nSPS) is 11.8. The van der Waals surface area contributed by atoms with Crippen molar-refractivity contribution in [1.29, 1.82) is 0 Å². The van der Waals surface area contributed by atoms with Crippen molar-refractivity contribution >= 4 is 63.1 Å². The number of hydrogen-bond donors (Lipinski definition) is 5. The van der Waals surface area contributed by atoms with Crippen LogP contribution in [0.25, 0.3) is 0 Å². The third kappa shape index (κ3) is 20.2. The first-order chi connectivity index (χ1) is 8.26. The fourth-order valence-corrected chi connectivity index (χ4v) is 2.65. The average molecular weight is 333 g/mol. The maximum Gasteiger partial charge on any atom is -0.00692 e. The summed E-state index contributed by atoms with van der Waals surface area (Å²) < 4.78 is 0. The molecule has 0 nitrogen and oxygen atoms in total. The molecular formula is C12H28S5. The lowest BCUT2D eigenvalue weighted by molar-refractivity contribution is 0.525. The predicted octanol–water partition coefficient (Wildman–Crippen LogP) is 4.58. The highest BCUT2D eigenvalue weighted by Gasteiger charge is 2.03. The van der Waals surface area contributed by atoms with E-state index >= 15 is 0 Å². The van der Waals surface area contributed by atoms with Crippen LogP contribution in [0.15, 0.2) is 0 Å². The lowest BCUT2D eigenvalue weighted by Crippen LogP contribution is -2.03. The molecule has 0 bridgehead atoms. The summed E-state index contributed by atoms with van der Waals surface area (Å²) in [7, 11) is 0. The largest absolute Gasteiger partial charge is 0.179 e. The molecule has 0 heterocycles. The first kappa shape index (κ1) is 21.1. The molecule has 0 aromatic rings. The second kappa shape index (κ2) is 20.1. The lowest BCUT2D eigenvalue weighted by Gasteiger charge is -2.10. The molecule has 1 unspecified atom stereocenters. The van der Waals surface area contributed by atoms with Gasteiger partial charge in [-0.2, -0.15) is 63.1 Å². The Labute approximate surface area is 136 Å². The first-order valence-electron chi connectivity index (χ1n) is 6.31. The summed E-state index contributed by atoms with van der Waals surface area (Å²) in [6.45, 7) is 0. The van der Waals surface area contributed by atoms with Crippen molar-refractivity contribution in [2.24, 2.45) is 5.92 Å². The predicted molar refractivity (Wildman–Crippen MR) is 100 cm³/mol. The lowest BCUT2D eigenvalue weighted by atomic mass is 10.0. The molecule has 106 valence electrons. The van der Waals surface area contributed by atoms with E-state index in [-0.39, 0.29) is 0 Å². The van der Waals surface area contributed by atoms with Crippen molar-refractivity contribution < 1.29 is 0 Å². The second-order valence-electron chi connectivity index (χ2n) is 3.93. The maximum absolute atomic E-state index is 4.26. The van der Waals surface area contributed by atoms with Gasteiger partial charge in [0.15, 0.2) is 0 Å². The average Bonchev–Trinajstić information content (AvgIpc) is 2.36. The van der Waals surface area contributed by atoms with Gasteiger partial charge in [-0.05, 0) is 66.8 Å². The second-order valence-corrected chi connectivity index (χ2v) is 6.09. The molecule has 0 radical (unpaired) electrons. The summed E-state index contributed by atoms with van der Waals surface area (Å²) in [5.41, 5.74) is 0. The molecular weight excluding hydrogens is 304 g/mol. The minimum atomic E-state index is 0.757. The summed E-state index contributed by atoms with van der Waals surface area (Å²) >= 11 is 20.7. The Hall–Kier alpha value is 1.75. The summed E-state index contributed by atoms with van der Waals surface area (Å²) in [6, 6.07) is 0. The third-order valence-corrected chi connectivity index (χ3v) is 4.11. The molecule has 0 saturated carbocycles. The van der Waals surface area contributed by atoms with Gasteiger partial charge in [-0.3, -0.25) is 0 Å². The van der Waals surface area contributed by atoms with Gasteiger partial charge in [0.2, 0.25) is 0 Å². The van der Waals surface area contributed by atoms with Crippen LogP contribution < -0.4 is 0 Å². The van der Waals surface area contributed by atoms with Crippen LogP contribution in [0.1, 0.15) is 38.5 Å².